The molecule has 19 heteroatoms. The Labute approximate surface area is 138 Å². The first-order chi connectivity index (χ1) is 11.1. The minimum absolute atomic E-state index is 0.495. The van der Waals surface area contributed by atoms with E-state index in [-0.39, 0.29) is 0 Å². The van der Waals surface area contributed by atoms with Crippen LogP contribution >= 0.6 is 23.5 Å². The largest absolute Gasteiger partial charge is 0.490 e. The second-order valence-corrected chi connectivity index (χ2v) is 8.86. The van der Waals surface area contributed by atoms with Gasteiger partial charge in [0.2, 0.25) is 0 Å². The molecule has 1 heterocycles. The fraction of sp³-hybridized carbons (Fsp3) is 0.833. The molecule has 1 aliphatic rings. The zero-order chi connectivity index (χ0) is 19.7. The van der Waals surface area contributed by atoms with Crippen molar-refractivity contribution in [2.24, 2.45) is 0 Å². The third-order valence-corrected chi connectivity index (χ3v) is 6.27. The van der Waals surface area contributed by atoms with Crippen LogP contribution in [-0.4, -0.2) is 67.0 Å². The van der Waals surface area contributed by atoms with Crippen LogP contribution in [0.1, 0.15) is 0 Å². The molecule has 8 N–H and O–H groups in total. The van der Waals surface area contributed by atoms with Crippen molar-refractivity contribution in [2.75, 3.05) is 6.61 Å². The molecule has 0 spiro atoms. The van der Waals surface area contributed by atoms with Crippen LogP contribution in [0.2, 0.25) is 0 Å². The summed E-state index contributed by atoms with van der Waals surface area (Å²) in [4.78, 5) is 34.7. The summed E-state index contributed by atoms with van der Waals surface area (Å²) in [6.45, 7) is -1.62. The van der Waals surface area contributed by atoms with Gasteiger partial charge in [-0.15, -0.1) is 0 Å². The Balaban J connectivity index is 2.75. The molecule has 0 radical (unpaired) electrons. The highest BCUT2D eigenvalue weighted by Crippen LogP contribution is 2.66. The maximum atomic E-state index is 14.3. The van der Waals surface area contributed by atoms with Crippen molar-refractivity contribution >= 4 is 29.8 Å². The minimum Gasteiger partial charge on any atom is -0.385 e. The second-order valence-electron chi connectivity index (χ2n) is 4.44. The molecule has 0 amide bonds. The molecule has 15 nitrogen and oxygen atoms in total. The molecular formula is C6H14FN2O13P3. The molecular weight excluding hydrogens is 420 g/mol. The standard InChI is InChI=1S/C6H14FN2O13P3/c7-6(4(11)3(10)5(20-6)9-2-8)1-19-24(15,16)22-25(17,18)21-23(12,13)14/h2-5,10-11H,1H2,(H2,8,9)(H,15,16)(H,17,18)(H2,12,13,14)/t3-,4+,5-,6-/m1/s1. The van der Waals surface area contributed by atoms with Crippen molar-refractivity contribution in [1.29, 1.82) is 5.41 Å². The van der Waals surface area contributed by atoms with Crippen LogP contribution in [0.4, 0.5) is 4.39 Å². The number of aliphatic hydroxyl groups is 2. The summed E-state index contributed by atoms with van der Waals surface area (Å²) in [5.41, 5.74) is 0. The summed E-state index contributed by atoms with van der Waals surface area (Å²) in [5.74, 6) is -3.30. The Morgan fingerprint density at radius 1 is 1.16 bits per heavy atom. The lowest BCUT2D eigenvalue weighted by Crippen LogP contribution is -2.43. The Bertz CT molecular complexity index is 641. The molecule has 0 aromatic heterocycles. The van der Waals surface area contributed by atoms with Gasteiger partial charge in [-0.05, 0) is 0 Å². The Hall–Kier alpha value is -0.310. The average Bonchev–Trinajstić information content (AvgIpc) is 2.58. The van der Waals surface area contributed by atoms with E-state index in [4.69, 9.17) is 20.1 Å². The number of ether oxygens (including phenoxy) is 1. The zero-order valence-electron chi connectivity index (χ0n) is 11.8. The summed E-state index contributed by atoms with van der Waals surface area (Å²) in [6.07, 6.45) is -5.37. The van der Waals surface area contributed by atoms with Gasteiger partial charge in [-0.1, -0.05) is 0 Å². The van der Waals surface area contributed by atoms with Crippen LogP contribution in [-0.2, 0) is 31.6 Å². The maximum Gasteiger partial charge on any atom is 0.490 e. The number of aliphatic hydroxyl groups excluding tert-OH is 2. The molecule has 25 heavy (non-hydrogen) atoms. The number of hydrogen-bond donors (Lipinski definition) is 8. The predicted octanol–water partition coefficient (Wildman–Crippen LogP) is -1.73. The lowest BCUT2D eigenvalue weighted by atomic mass is 10.1. The highest BCUT2D eigenvalue weighted by Gasteiger charge is 2.56. The van der Waals surface area contributed by atoms with Gasteiger partial charge < -0.3 is 39.8 Å². The summed E-state index contributed by atoms with van der Waals surface area (Å²) in [5, 5.41) is 27.7. The monoisotopic (exact) mass is 434 g/mol. The summed E-state index contributed by atoms with van der Waals surface area (Å²) in [7, 11) is -17.0. The number of rotatable bonds is 9. The molecule has 0 aliphatic carbocycles. The predicted molar refractivity (Wildman–Crippen MR) is 72.5 cm³/mol. The normalized spacial score (nSPS) is 34.9. The number of nitrogens with one attached hydrogen (secondary N) is 2. The molecule has 148 valence electrons. The van der Waals surface area contributed by atoms with E-state index in [1.165, 1.54) is 0 Å². The number of phosphoric ester groups is 1. The van der Waals surface area contributed by atoms with E-state index in [9.17, 15) is 33.2 Å². The van der Waals surface area contributed by atoms with Gasteiger partial charge >= 0.3 is 23.5 Å². The number of phosphoric acid groups is 3. The fourth-order valence-electron chi connectivity index (χ4n) is 1.58. The summed E-state index contributed by atoms with van der Waals surface area (Å²) < 4.78 is 62.5. The zero-order valence-corrected chi connectivity index (χ0v) is 14.5. The summed E-state index contributed by atoms with van der Waals surface area (Å²) >= 11 is 0. The molecule has 1 fully saturated rings. The van der Waals surface area contributed by atoms with Crippen molar-refractivity contribution in [2.45, 2.75) is 24.3 Å². The van der Waals surface area contributed by atoms with Crippen molar-refractivity contribution < 1.29 is 65.8 Å². The van der Waals surface area contributed by atoms with Crippen molar-refractivity contribution in [1.82, 2.24) is 5.32 Å². The Morgan fingerprint density at radius 2 is 1.72 bits per heavy atom. The van der Waals surface area contributed by atoms with Crippen molar-refractivity contribution in [3.05, 3.63) is 0 Å². The molecule has 0 saturated carbocycles. The van der Waals surface area contributed by atoms with Crippen LogP contribution in [0.15, 0.2) is 0 Å². The Kier molecular flexibility index (Phi) is 7.04. The van der Waals surface area contributed by atoms with Crippen LogP contribution in [0, 0.1) is 5.41 Å². The third-order valence-electron chi connectivity index (χ3n) is 2.49. The molecule has 1 rings (SSSR count). The maximum absolute atomic E-state index is 14.3. The van der Waals surface area contributed by atoms with E-state index in [2.05, 4.69) is 17.9 Å². The van der Waals surface area contributed by atoms with Crippen molar-refractivity contribution in [3.63, 3.8) is 0 Å². The van der Waals surface area contributed by atoms with Crippen LogP contribution in [0.5, 0.6) is 0 Å². The average molecular weight is 434 g/mol. The van der Waals surface area contributed by atoms with E-state index in [0.29, 0.717) is 6.34 Å². The van der Waals surface area contributed by atoms with Gasteiger partial charge in [0, 0.05) is 0 Å². The highest BCUT2D eigenvalue weighted by molar-refractivity contribution is 7.66. The van der Waals surface area contributed by atoms with Gasteiger partial charge in [-0.2, -0.15) is 8.62 Å². The lowest BCUT2D eigenvalue weighted by molar-refractivity contribution is -0.194. The quantitative estimate of drug-likeness (QED) is 0.114. The number of halogens is 1. The van der Waals surface area contributed by atoms with Crippen LogP contribution in [0.25, 0.3) is 0 Å². The SMILES string of the molecule is N=CN[C@@H]1O[C@](F)(COP(=O)(O)OP(=O)(O)OP(=O)(O)O)[C@@H](O)[C@H]1O. The fourth-order valence-corrected chi connectivity index (χ4v) is 4.61. The topological polar surface area (TPSA) is 245 Å². The number of hydrogen-bond acceptors (Lipinski definition) is 10. The van der Waals surface area contributed by atoms with E-state index in [1.54, 1.807) is 0 Å². The molecule has 6 atom stereocenters. The molecule has 2 unspecified atom stereocenters. The van der Waals surface area contributed by atoms with Crippen molar-refractivity contribution in [3.8, 4) is 0 Å². The van der Waals surface area contributed by atoms with Gasteiger partial charge in [-0.25, -0.2) is 18.1 Å². The van der Waals surface area contributed by atoms with Gasteiger partial charge in [0.1, 0.15) is 18.8 Å². The molecule has 1 saturated heterocycles. The van der Waals surface area contributed by atoms with E-state index in [0.717, 1.165) is 0 Å². The second kappa shape index (κ2) is 7.74. The first-order valence-corrected chi connectivity index (χ1v) is 10.4. The third kappa shape index (κ3) is 6.73. The van der Waals surface area contributed by atoms with E-state index >= 15 is 0 Å². The van der Waals surface area contributed by atoms with Gasteiger partial charge in [0.05, 0.1) is 6.34 Å². The summed E-state index contributed by atoms with van der Waals surface area (Å²) in [6, 6.07) is 0. The number of alkyl halides is 1. The minimum atomic E-state index is -5.79. The van der Waals surface area contributed by atoms with Crippen LogP contribution < -0.4 is 5.32 Å². The molecule has 0 bridgehead atoms. The van der Waals surface area contributed by atoms with Gasteiger partial charge in [0.25, 0.3) is 5.85 Å². The Morgan fingerprint density at radius 3 is 2.20 bits per heavy atom. The van der Waals surface area contributed by atoms with Gasteiger partial charge in [-0.3, -0.25) is 9.93 Å². The molecule has 0 aromatic rings. The van der Waals surface area contributed by atoms with Crippen LogP contribution in [0.3, 0.4) is 0 Å². The molecule has 0 aromatic carbocycles. The highest BCUT2D eigenvalue weighted by atomic mass is 31.3. The first-order valence-electron chi connectivity index (χ1n) is 5.87. The van der Waals surface area contributed by atoms with E-state index in [1.807, 2.05) is 5.32 Å². The smallest absolute Gasteiger partial charge is 0.385 e. The molecule has 1 aliphatic heterocycles. The lowest BCUT2D eigenvalue weighted by Gasteiger charge is -2.24. The van der Waals surface area contributed by atoms with E-state index < -0.39 is 54.4 Å². The first kappa shape index (κ1) is 22.7. The van der Waals surface area contributed by atoms with Gasteiger partial charge in [0.15, 0.2) is 6.23 Å².